The van der Waals surface area contributed by atoms with Crippen LogP contribution in [0.2, 0.25) is 5.02 Å². The van der Waals surface area contributed by atoms with Crippen LogP contribution in [0.4, 0.5) is 4.39 Å². The highest BCUT2D eigenvalue weighted by molar-refractivity contribution is 6.30. The summed E-state index contributed by atoms with van der Waals surface area (Å²) in [5, 5.41) is 4.55. The molecule has 1 aromatic heterocycles. The van der Waals surface area contributed by atoms with Gasteiger partial charge in [0.05, 0.1) is 6.54 Å². The van der Waals surface area contributed by atoms with Crippen molar-refractivity contribution in [2.24, 2.45) is 0 Å². The van der Waals surface area contributed by atoms with E-state index in [9.17, 15) is 14.0 Å². The first-order valence-electron chi connectivity index (χ1n) is 7.34. The molecule has 0 saturated heterocycles. The molecule has 3 rings (SSSR count). The van der Waals surface area contributed by atoms with E-state index in [0.717, 1.165) is 6.92 Å². The van der Waals surface area contributed by atoms with Gasteiger partial charge in [0.1, 0.15) is 5.82 Å². The number of carbonyl (C=O) groups excluding carboxylic acids is 1. The number of carbonyl (C=O) groups is 1. The molecule has 0 radical (unpaired) electrons. The number of hydrogen-bond acceptors (Lipinski definition) is 4. The Hall–Kier alpha value is -2.93. The largest absolute Gasteiger partial charge is 0.381 e. The SMILES string of the molecule is CC(=O)On1nc(-c2ccc(Cl)cc2)n(Cc2ccccc2F)c1=O. The quantitative estimate of drug-likeness (QED) is 0.716. The minimum Gasteiger partial charge on any atom is -0.314 e. The van der Waals surface area contributed by atoms with Crippen molar-refractivity contribution in [1.29, 1.82) is 0 Å². The highest BCUT2D eigenvalue weighted by Gasteiger charge is 2.18. The zero-order valence-electron chi connectivity index (χ0n) is 13.1. The Bertz CT molecular complexity index is 980. The number of rotatable bonds is 4. The van der Waals surface area contributed by atoms with Gasteiger partial charge in [0, 0.05) is 23.1 Å². The highest BCUT2D eigenvalue weighted by Crippen LogP contribution is 2.20. The molecular formula is C17H13ClFN3O3. The first-order valence-corrected chi connectivity index (χ1v) is 7.71. The molecule has 2 aromatic carbocycles. The van der Waals surface area contributed by atoms with Gasteiger partial charge in [-0.3, -0.25) is 4.57 Å². The molecule has 3 aromatic rings. The van der Waals surface area contributed by atoms with E-state index in [0.29, 0.717) is 21.0 Å². The van der Waals surface area contributed by atoms with Crippen LogP contribution in [0.5, 0.6) is 0 Å². The van der Waals surface area contributed by atoms with Gasteiger partial charge in [0.25, 0.3) is 0 Å². The molecule has 25 heavy (non-hydrogen) atoms. The summed E-state index contributed by atoms with van der Waals surface area (Å²) >= 11 is 5.88. The Morgan fingerprint density at radius 2 is 1.88 bits per heavy atom. The summed E-state index contributed by atoms with van der Waals surface area (Å²) in [6.07, 6.45) is 0. The van der Waals surface area contributed by atoms with E-state index in [-0.39, 0.29) is 12.4 Å². The van der Waals surface area contributed by atoms with Crippen LogP contribution >= 0.6 is 11.6 Å². The van der Waals surface area contributed by atoms with Crippen LogP contribution in [-0.2, 0) is 11.3 Å². The summed E-state index contributed by atoms with van der Waals surface area (Å²) in [4.78, 5) is 29.1. The predicted molar refractivity (Wildman–Crippen MR) is 89.7 cm³/mol. The number of hydrogen-bond donors (Lipinski definition) is 0. The Kier molecular flexibility index (Phi) is 4.67. The average molecular weight is 362 g/mol. The summed E-state index contributed by atoms with van der Waals surface area (Å²) in [7, 11) is 0. The summed E-state index contributed by atoms with van der Waals surface area (Å²) in [6, 6.07) is 12.7. The van der Waals surface area contributed by atoms with Gasteiger partial charge in [-0.1, -0.05) is 29.8 Å². The summed E-state index contributed by atoms with van der Waals surface area (Å²) in [6.45, 7) is 1.09. The number of benzene rings is 2. The van der Waals surface area contributed by atoms with Crippen LogP contribution in [0.1, 0.15) is 12.5 Å². The molecule has 8 heteroatoms. The molecule has 0 aliphatic heterocycles. The lowest BCUT2D eigenvalue weighted by Gasteiger charge is -2.06. The van der Waals surface area contributed by atoms with Gasteiger partial charge in [0.15, 0.2) is 5.82 Å². The molecular weight excluding hydrogens is 349 g/mol. The number of aromatic nitrogens is 3. The van der Waals surface area contributed by atoms with E-state index >= 15 is 0 Å². The molecule has 0 saturated carbocycles. The van der Waals surface area contributed by atoms with Gasteiger partial charge in [-0.2, -0.15) is 0 Å². The van der Waals surface area contributed by atoms with Crippen LogP contribution in [0, 0.1) is 5.82 Å². The highest BCUT2D eigenvalue weighted by atomic mass is 35.5. The Morgan fingerprint density at radius 1 is 1.20 bits per heavy atom. The summed E-state index contributed by atoms with van der Waals surface area (Å²) < 4.78 is 15.2. The van der Waals surface area contributed by atoms with Crippen molar-refractivity contribution in [3.05, 3.63) is 75.4 Å². The van der Waals surface area contributed by atoms with Crippen LogP contribution in [-0.4, -0.2) is 20.5 Å². The Labute approximate surface area is 147 Å². The molecule has 0 fully saturated rings. The molecule has 0 N–H and O–H groups in total. The van der Waals surface area contributed by atoms with Gasteiger partial charge in [-0.25, -0.2) is 14.0 Å². The molecule has 0 bridgehead atoms. The van der Waals surface area contributed by atoms with E-state index in [1.54, 1.807) is 42.5 Å². The van der Waals surface area contributed by atoms with E-state index < -0.39 is 17.5 Å². The van der Waals surface area contributed by atoms with Gasteiger partial charge in [-0.15, -0.1) is 5.10 Å². The zero-order valence-corrected chi connectivity index (χ0v) is 13.9. The van der Waals surface area contributed by atoms with Gasteiger partial charge >= 0.3 is 11.7 Å². The second kappa shape index (κ2) is 6.90. The minimum absolute atomic E-state index is 0.0648. The number of nitrogens with zero attached hydrogens (tertiary/aromatic N) is 3. The maximum Gasteiger partial charge on any atom is 0.381 e. The van der Waals surface area contributed by atoms with E-state index in [1.165, 1.54) is 10.6 Å². The second-order valence-electron chi connectivity index (χ2n) is 5.25. The molecule has 1 heterocycles. The lowest BCUT2D eigenvalue weighted by atomic mass is 10.2. The first kappa shape index (κ1) is 16.9. The molecule has 0 aliphatic rings. The molecule has 0 unspecified atom stereocenters. The van der Waals surface area contributed by atoms with Gasteiger partial charge < -0.3 is 4.84 Å². The summed E-state index contributed by atoms with van der Waals surface area (Å²) in [5.41, 5.74) is 0.189. The van der Waals surface area contributed by atoms with Crippen molar-refractivity contribution >= 4 is 17.6 Å². The van der Waals surface area contributed by atoms with Crippen LogP contribution in [0.25, 0.3) is 11.4 Å². The average Bonchev–Trinajstić information content (AvgIpc) is 2.86. The predicted octanol–water partition coefficient (Wildman–Crippen LogP) is 2.53. The van der Waals surface area contributed by atoms with Crippen molar-refractivity contribution in [3.63, 3.8) is 0 Å². The minimum atomic E-state index is -0.694. The maximum atomic E-state index is 14.0. The van der Waals surface area contributed by atoms with E-state index in [4.69, 9.17) is 16.4 Å². The summed E-state index contributed by atoms with van der Waals surface area (Å²) in [5.74, 6) is -0.914. The van der Waals surface area contributed by atoms with Crippen LogP contribution in [0.3, 0.4) is 0 Å². The van der Waals surface area contributed by atoms with E-state index in [2.05, 4.69) is 5.10 Å². The monoisotopic (exact) mass is 361 g/mol. The molecule has 6 nitrogen and oxygen atoms in total. The fourth-order valence-corrected chi connectivity index (χ4v) is 2.44. The van der Waals surface area contributed by atoms with Crippen molar-refractivity contribution in [2.75, 3.05) is 0 Å². The van der Waals surface area contributed by atoms with Crippen molar-refractivity contribution in [1.82, 2.24) is 14.5 Å². The third kappa shape index (κ3) is 3.61. The molecule has 0 spiro atoms. The van der Waals surface area contributed by atoms with Crippen LogP contribution < -0.4 is 10.5 Å². The van der Waals surface area contributed by atoms with Gasteiger partial charge in [-0.05, 0) is 35.2 Å². The van der Waals surface area contributed by atoms with Gasteiger partial charge in [0.2, 0.25) is 0 Å². The second-order valence-corrected chi connectivity index (χ2v) is 5.68. The molecule has 128 valence electrons. The maximum absolute atomic E-state index is 14.0. The normalized spacial score (nSPS) is 10.7. The topological polar surface area (TPSA) is 66.1 Å². The zero-order chi connectivity index (χ0) is 18.0. The standard InChI is InChI=1S/C17H13ClFN3O3/c1-11(23)25-22-17(24)21(10-13-4-2-3-5-15(13)19)16(20-22)12-6-8-14(18)9-7-12/h2-9H,10H2,1H3. The molecule has 0 atom stereocenters. The third-order valence-electron chi connectivity index (χ3n) is 3.44. The van der Waals surface area contributed by atoms with Crippen LogP contribution in [0.15, 0.2) is 53.3 Å². The van der Waals surface area contributed by atoms with Crippen molar-refractivity contribution in [3.8, 4) is 11.4 Å². The fraction of sp³-hybridized carbons (Fsp3) is 0.118. The fourth-order valence-electron chi connectivity index (χ4n) is 2.31. The molecule has 0 aliphatic carbocycles. The third-order valence-corrected chi connectivity index (χ3v) is 3.69. The Balaban J connectivity index is 2.12. The van der Waals surface area contributed by atoms with E-state index in [1.807, 2.05) is 0 Å². The van der Waals surface area contributed by atoms with Crippen molar-refractivity contribution in [2.45, 2.75) is 13.5 Å². The first-order chi connectivity index (χ1) is 12.0. The lowest BCUT2D eigenvalue weighted by molar-refractivity contribution is -0.143. The smallest absolute Gasteiger partial charge is 0.314 e. The molecule has 0 amide bonds. The number of halogens is 2. The Morgan fingerprint density at radius 3 is 2.52 bits per heavy atom. The van der Waals surface area contributed by atoms with Crippen molar-refractivity contribution < 1.29 is 14.0 Å². The lowest BCUT2D eigenvalue weighted by Crippen LogP contribution is -2.32.